The van der Waals surface area contributed by atoms with Crippen LogP contribution in [-0.4, -0.2) is 12.6 Å². The molecule has 0 aromatic heterocycles. The Morgan fingerprint density at radius 3 is 1.93 bits per heavy atom. The maximum atomic E-state index is 3.68. The Kier molecular flexibility index (Phi) is 11.0. The molecule has 0 aliphatic carbocycles. The lowest BCUT2D eigenvalue weighted by Gasteiger charge is -2.17. The van der Waals surface area contributed by atoms with Crippen LogP contribution in [-0.2, 0) is 0 Å². The summed E-state index contributed by atoms with van der Waals surface area (Å²) in [6, 6.07) is 0.784. The first kappa shape index (κ1) is 14.0. The fourth-order valence-corrected chi connectivity index (χ4v) is 1.90. The van der Waals surface area contributed by atoms with Crippen LogP contribution in [0, 0.1) is 0 Å². The summed E-state index contributed by atoms with van der Waals surface area (Å²) < 4.78 is 0. The van der Waals surface area contributed by atoms with Gasteiger partial charge in [-0.25, -0.2) is 0 Å². The fourth-order valence-electron chi connectivity index (χ4n) is 1.90. The van der Waals surface area contributed by atoms with Gasteiger partial charge >= 0.3 is 0 Å². The molecule has 0 heterocycles. The molecule has 0 saturated heterocycles. The summed E-state index contributed by atoms with van der Waals surface area (Å²) in [7, 11) is 0. The predicted octanol–water partition coefficient (Wildman–Crippen LogP) is 4.13. The van der Waals surface area contributed by atoms with Crippen LogP contribution in [0.5, 0.6) is 0 Å². The minimum Gasteiger partial charge on any atom is -0.314 e. The van der Waals surface area contributed by atoms with Crippen molar-refractivity contribution >= 4 is 0 Å². The molecule has 14 heavy (non-hydrogen) atoms. The summed E-state index contributed by atoms with van der Waals surface area (Å²) in [4.78, 5) is 0. The first-order chi connectivity index (χ1) is 6.85. The quantitative estimate of drug-likeness (QED) is 0.522. The Labute approximate surface area is 90.7 Å². The van der Waals surface area contributed by atoms with Crippen LogP contribution in [0.1, 0.15) is 72.1 Å². The van der Waals surface area contributed by atoms with E-state index in [1.807, 2.05) is 0 Å². The molecule has 0 rings (SSSR count). The monoisotopic (exact) mass is 199 g/mol. The van der Waals surface area contributed by atoms with Gasteiger partial charge in [-0.05, 0) is 25.8 Å². The van der Waals surface area contributed by atoms with Crippen LogP contribution in [0.15, 0.2) is 0 Å². The molecule has 1 heteroatoms. The molecule has 0 spiro atoms. The Bertz CT molecular complexity index is 95.4. The zero-order valence-electron chi connectivity index (χ0n) is 10.4. The molecule has 0 aliphatic heterocycles. The lowest BCUT2D eigenvalue weighted by Crippen LogP contribution is -2.29. The molecule has 0 fully saturated rings. The average Bonchev–Trinajstić information content (AvgIpc) is 2.18. The largest absolute Gasteiger partial charge is 0.314 e. The first-order valence-corrected chi connectivity index (χ1v) is 6.58. The average molecular weight is 199 g/mol. The van der Waals surface area contributed by atoms with Gasteiger partial charge in [0.2, 0.25) is 0 Å². The van der Waals surface area contributed by atoms with Crippen molar-refractivity contribution in [3.05, 3.63) is 0 Å². The lowest BCUT2D eigenvalue weighted by molar-refractivity contribution is 0.435. The second-order valence-electron chi connectivity index (χ2n) is 4.29. The van der Waals surface area contributed by atoms with E-state index < -0.39 is 0 Å². The van der Waals surface area contributed by atoms with Crippen molar-refractivity contribution in [2.45, 2.75) is 78.2 Å². The highest BCUT2D eigenvalue weighted by Crippen LogP contribution is 2.05. The van der Waals surface area contributed by atoms with Crippen molar-refractivity contribution in [3.63, 3.8) is 0 Å². The van der Waals surface area contributed by atoms with E-state index in [4.69, 9.17) is 0 Å². The summed E-state index contributed by atoms with van der Waals surface area (Å²) in [6.07, 6.45) is 10.8. The van der Waals surface area contributed by atoms with Crippen molar-refractivity contribution in [2.75, 3.05) is 6.54 Å². The van der Waals surface area contributed by atoms with Crippen molar-refractivity contribution in [1.82, 2.24) is 5.32 Å². The summed E-state index contributed by atoms with van der Waals surface area (Å²) in [6.45, 7) is 8.05. The van der Waals surface area contributed by atoms with Gasteiger partial charge in [-0.2, -0.15) is 0 Å². The standard InChI is InChI=1S/C13H29N/c1-4-7-8-9-12-14-13(10-5-2)11-6-3/h13-14H,4-12H2,1-3H3. The molecule has 0 radical (unpaired) electrons. The second kappa shape index (κ2) is 11.0. The van der Waals surface area contributed by atoms with Gasteiger partial charge in [0.15, 0.2) is 0 Å². The van der Waals surface area contributed by atoms with E-state index in [2.05, 4.69) is 26.1 Å². The number of unbranched alkanes of at least 4 members (excludes halogenated alkanes) is 3. The van der Waals surface area contributed by atoms with E-state index in [1.165, 1.54) is 57.9 Å². The van der Waals surface area contributed by atoms with E-state index >= 15 is 0 Å². The molecule has 0 amide bonds. The minimum absolute atomic E-state index is 0.784. The first-order valence-electron chi connectivity index (χ1n) is 6.58. The fraction of sp³-hybridized carbons (Fsp3) is 1.00. The van der Waals surface area contributed by atoms with E-state index in [0.717, 1.165) is 6.04 Å². The van der Waals surface area contributed by atoms with Gasteiger partial charge in [-0.3, -0.25) is 0 Å². The number of hydrogen-bond acceptors (Lipinski definition) is 1. The smallest absolute Gasteiger partial charge is 0.00668 e. The normalized spacial score (nSPS) is 11.1. The molecule has 0 atom stereocenters. The maximum absolute atomic E-state index is 3.68. The Morgan fingerprint density at radius 2 is 1.43 bits per heavy atom. The topological polar surface area (TPSA) is 12.0 Å². The van der Waals surface area contributed by atoms with Gasteiger partial charge < -0.3 is 5.32 Å². The number of hydrogen-bond donors (Lipinski definition) is 1. The van der Waals surface area contributed by atoms with Crippen molar-refractivity contribution < 1.29 is 0 Å². The van der Waals surface area contributed by atoms with Crippen LogP contribution in [0.25, 0.3) is 0 Å². The second-order valence-corrected chi connectivity index (χ2v) is 4.29. The zero-order chi connectivity index (χ0) is 10.6. The molecule has 1 N–H and O–H groups in total. The maximum Gasteiger partial charge on any atom is 0.00668 e. The summed E-state index contributed by atoms with van der Waals surface area (Å²) >= 11 is 0. The summed E-state index contributed by atoms with van der Waals surface area (Å²) in [5.41, 5.74) is 0. The van der Waals surface area contributed by atoms with E-state index in [-0.39, 0.29) is 0 Å². The molecule has 0 bridgehead atoms. The van der Waals surface area contributed by atoms with Crippen molar-refractivity contribution in [2.24, 2.45) is 0 Å². The third-order valence-electron chi connectivity index (χ3n) is 2.74. The van der Waals surface area contributed by atoms with E-state index in [9.17, 15) is 0 Å². The van der Waals surface area contributed by atoms with Crippen LogP contribution in [0.3, 0.4) is 0 Å². The Morgan fingerprint density at radius 1 is 0.786 bits per heavy atom. The van der Waals surface area contributed by atoms with Crippen molar-refractivity contribution in [1.29, 1.82) is 0 Å². The van der Waals surface area contributed by atoms with Gasteiger partial charge in [-0.15, -0.1) is 0 Å². The van der Waals surface area contributed by atoms with E-state index in [1.54, 1.807) is 0 Å². The molecular formula is C13H29N. The molecule has 0 aromatic carbocycles. The van der Waals surface area contributed by atoms with Crippen LogP contribution < -0.4 is 5.32 Å². The molecule has 86 valence electrons. The van der Waals surface area contributed by atoms with Crippen LogP contribution in [0.2, 0.25) is 0 Å². The number of rotatable bonds is 10. The van der Waals surface area contributed by atoms with Gasteiger partial charge in [0.1, 0.15) is 0 Å². The zero-order valence-corrected chi connectivity index (χ0v) is 10.4. The number of nitrogens with one attached hydrogen (secondary N) is 1. The predicted molar refractivity (Wildman–Crippen MR) is 65.7 cm³/mol. The van der Waals surface area contributed by atoms with Gasteiger partial charge in [0.05, 0.1) is 0 Å². The van der Waals surface area contributed by atoms with Gasteiger partial charge in [-0.1, -0.05) is 52.9 Å². The molecule has 0 aromatic rings. The highest BCUT2D eigenvalue weighted by atomic mass is 14.9. The van der Waals surface area contributed by atoms with E-state index in [0.29, 0.717) is 0 Å². The van der Waals surface area contributed by atoms with Crippen LogP contribution in [0.4, 0.5) is 0 Å². The van der Waals surface area contributed by atoms with Crippen LogP contribution >= 0.6 is 0 Å². The van der Waals surface area contributed by atoms with Gasteiger partial charge in [0.25, 0.3) is 0 Å². The molecule has 0 aliphatic rings. The third kappa shape index (κ3) is 8.55. The molecule has 0 unspecified atom stereocenters. The van der Waals surface area contributed by atoms with Crippen molar-refractivity contribution in [3.8, 4) is 0 Å². The SMILES string of the molecule is CCCCCCNC(CCC)CCC. The Hall–Kier alpha value is -0.0400. The minimum atomic E-state index is 0.784. The highest BCUT2D eigenvalue weighted by Gasteiger charge is 2.04. The summed E-state index contributed by atoms with van der Waals surface area (Å²) in [5, 5.41) is 3.68. The third-order valence-corrected chi connectivity index (χ3v) is 2.74. The van der Waals surface area contributed by atoms with Gasteiger partial charge in [0, 0.05) is 6.04 Å². The summed E-state index contributed by atoms with van der Waals surface area (Å²) in [5.74, 6) is 0. The molecular weight excluding hydrogens is 170 g/mol. The molecule has 1 nitrogen and oxygen atoms in total. The lowest BCUT2D eigenvalue weighted by atomic mass is 10.1. The Balaban J connectivity index is 3.30. The molecule has 0 saturated carbocycles. The highest BCUT2D eigenvalue weighted by molar-refractivity contribution is 4.65.